The maximum Gasteiger partial charge on any atom is 0.201 e. The first-order valence-corrected chi connectivity index (χ1v) is 12.3. The Hall–Kier alpha value is -3.39. The lowest BCUT2D eigenvalue weighted by Crippen LogP contribution is -2.14. The molecule has 0 amide bonds. The van der Waals surface area contributed by atoms with E-state index in [1.165, 1.54) is 6.20 Å². The van der Waals surface area contributed by atoms with Crippen LogP contribution in [0, 0.1) is 18.6 Å². The van der Waals surface area contributed by atoms with E-state index in [9.17, 15) is 17.6 Å². The molecule has 0 fully saturated rings. The Morgan fingerprint density at radius 3 is 2.48 bits per heavy atom. The van der Waals surface area contributed by atoms with E-state index in [1.54, 1.807) is 19.2 Å². The van der Waals surface area contributed by atoms with Crippen molar-refractivity contribution in [1.82, 2.24) is 9.97 Å². The van der Waals surface area contributed by atoms with Crippen LogP contribution in [0.4, 0.5) is 8.78 Å². The van der Waals surface area contributed by atoms with Crippen LogP contribution < -0.4 is 0 Å². The number of aromatic amines is 1. The summed E-state index contributed by atoms with van der Waals surface area (Å²) in [5, 5.41) is 0.417. The Balaban J connectivity index is 1.78. The standard InChI is InChI=1S/C25H22F2N2O3S/c1-3-10-33(31,32)14-17-8-9-21(26)22(23(17)27)24(30)20-13-29-25-19(20)11-18(12-28-25)16-6-4-15(2)5-7-16/h4-9,11-13H,3,10,14H2,1-2H3,(H,28,29). The predicted molar refractivity (Wildman–Crippen MR) is 124 cm³/mol. The third kappa shape index (κ3) is 4.57. The van der Waals surface area contributed by atoms with Crippen LogP contribution in [0.15, 0.2) is 54.9 Å². The van der Waals surface area contributed by atoms with Gasteiger partial charge in [-0.1, -0.05) is 42.8 Å². The van der Waals surface area contributed by atoms with Crippen molar-refractivity contribution in [2.45, 2.75) is 26.0 Å². The number of rotatable bonds is 7. The highest BCUT2D eigenvalue weighted by Crippen LogP contribution is 2.29. The number of nitrogens with one attached hydrogen (secondary N) is 1. The molecule has 0 spiro atoms. The molecular weight excluding hydrogens is 446 g/mol. The van der Waals surface area contributed by atoms with E-state index in [1.807, 2.05) is 31.2 Å². The van der Waals surface area contributed by atoms with E-state index in [0.29, 0.717) is 17.5 Å². The van der Waals surface area contributed by atoms with Crippen LogP contribution in [0.2, 0.25) is 0 Å². The highest BCUT2D eigenvalue weighted by molar-refractivity contribution is 7.90. The number of fused-ring (bicyclic) bond motifs is 1. The Bertz CT molecular complexity index is 1460. The van der Waals surface area contributed by atoms with Gasteiger partial charge in [-0.2, -0.15) is 0 Å². The van der Waals surface area contributed by atoms with Gasteiger partial charge in [-0.25, -0.2) is 22.2 Å². The zero-order valence-corrected chi connectivity index (χ0v) is 19.0. The second-order valence-electron chi connectivity index (χ2n) is 8.01. The van der Waals surface area contributed by atoms with Gasteiger partial charge in [0, 0.05) is 34.5 Å². The highest BCUT2D eigenvalue weighted by atomic mass is 32.2. The van der Waals surface area contributed by atoms with E-state index in [-0.39, 0.29) is 16.9 Å². The molecule has 0 aliphatic heterocycles. The van der Waals surface area contributed by atoms with Gasteiger partial charge >= 0.3 is 0 Å². The van der Waals surface area contributed by atoms with Crippen molar-refractivity contribution in [3.05, 3.63) is 88.7 Å². The largest absolute Gasteiger partial charge is 0.345 e. The molecule has 0 unspecified atom stereocenters. The third-order valence-electron chi connectivity index (χ3n) is 5.45. The number of carbonyl (C=O) groups is 1. The van der Waals surface area contributed by atoms with Gasteiger partial charge in [0.05, 0.1) is 17.1 Å². The molecule has 4 aromatic rings. The Labute approximate surface area is 190 Å². The zero-order valence-electron chi connectivity index (χ0n) is 18.2. The summed E-state index contributed by atoms with van der Waals surface area (Å²) in [6.45, 7) is 3.67. The Morgan fingerprint density at radius 2 is 1.79 bits per heavy atom. The summed E-state index contributed by atoms with van der Waals surface area (Å²) in [5.41, 5.74) is 2.17. The SMILES string of the molecule is CCCS(=O)(=O)Cc1ccc(F)c(C(=O)c2c[nH]c3ncc(-c4ccc(C)cc4)cc23)c1F. The smallest absolute Gasteiger partial charge is 0.201 e. The normalized spacial score (nSPS) is 11.8. The molecule has 0 atom stereocenters. The van der Waals surface area contributed by atoms with Crippen LogP contribution in [0.5, 0.6) is 0 Å². The van der Waals surface area contributed by atoms with Crippen molar-refractivity contribution in [2.24, 2.45) is 0 Å². The topological polar surface area (TPSA) is 79.9 Å². The Kier molecular flexibility index (Phi) is 6.12. The average Bonchev–Trinajstić information content (AvgIpc) is 3.19. The second kappa shape index (κ2) is 8.86. The minimum atomic E-state index is -3.58. The fraction of sp³-hybridized carbons (Fsp3) is 0.200. The van der Waals surface area contributed by atoms with Gasteiger partial charge in [0.2, 0.25) is 5.78 Å². The Morgan fingerprint density at radius 1 is 1.06 bits per heavy atom. The van der Waals surface area contributed by atoms with Gasteiger partial charge in [-0.15, -0.1) is 0 Å². The number of halogens is 2. The maximum absolute atomic E-state index is 15.2. The molecule has 0 aliphatic carbocycles. The lowest BCUT2D eigenvalue weighted by Gasteiger charge is -2.10. The molecule has 1 N–H and O–H groups in total. The van der Waals surface area contributed by atoms with Gasteiger partial charge in [0.25, 0.3) is 0 Å². The van der Waals surface area contributed by atoms with Gasteiger partial charge < -0.3 is 4.98 Å². The summed E-state index contributed by atoms with van der Waals surface area (Å²) in [6, 6.07) is 11.5. The monoisotopic (exact) mass is 468 g/mol. The molecule has 170 valence electrons. The fourth-order valence-electron chi connectivity index (χ4n) is 3.77. The van der Waals surface area contributed by atoms with E-state index in [0.717, 1.165) is 28.8 Å². The number of H-pyrrole nitrogens is 1. The summed E-state index contributed by atoms with van der Waals surface area (Å²) >= 11 is 0. The second-order valence-corrected chi connectivity index (χ2v) is 10.2. The predicted octanol–water partition coefficient (Wildman–Crippen LogP) is 5.37. The van der Waals surface area contributed by atoms with Crippen LogP contribution in [-0.2, 0) is 15.6 Å². The molecule has 5 nitrogen and oxygen atoms in total. The van der Waals surface area contributed by atoms with Crippen LogP contribution >= 0.6 is 0 Å². The maximum atomic E-state index is 15.2. The first kappa shape index (κ1) is 22.8. The van der Waals surface area contributed by atoms with Crippen molar-refractivity contribution in [2.75, 3.05) is 5.75 Å². The summed E-state index contributed by atoms with van der Waals surface area (Å²) in [5.74, 6) is -3.81. The molecule has 33 heavy (non-hydrogen) atoms. The molecular formula is C25H22F2N2O3S. The number of hydrogen-bond donors (Lipinski definition) is 1. The molecule has 2 aromatic carbocycles. The summed E-state index contributed by atoms with van der Waals surface area (Å²) in [6.07, 6.45) is 3.39. The number of benzene rings is 2. The van der Waals surface area contributed by atoms with Crippen molar-refractivity contribution >= 4 is 26.7 Å². The van der Waals surface area contributed by atoms with Crippen LogP contribution in [0.1, 0.15) is 40.4 Å². The first-order valence-electron chi connectivity index (χ1n) is 10.5. The van der Waals surface area contributed by atoms with Crippen molar-refractivity contribution in [1.29, 1.82) is 0 Å². The lowest BCUT2D eigenvalue weighted by molar-refractivity contribution is 0.103. The summed E-state index contributed by atoms with van der Waals surface area (Å²) in [4.78, 5) is 20.4. The average molecular weight is 469 g/mol. The minimum absolute atomic E-state index is 0.0535. The molecule has 4 rings (SSSR count). The number of sulfone groups is 1. The van der Waals surface area contributed by atoms with Gasteiger partial charge in [-0.05, 0) is 31.0 Å². The fourth-order valence-corrected chi connectivity index (χ4v) is 5.23. The molecule has 2 aromatic heterocycles. The first-order chi connectivity index (χ1) is 15.7. The van der Waals surface area contributed by atoms with Crippen molar-refractivity contribution in [3.63, 3.8) is 0 Å². The zero-order chi connectivity index (χ0) is 23.8. The van der Waals surface area contributed by atoms with E-state index in [4.69, 9.17) is 0 Å². The number of pyridine rings is 1. The van der Waals surface area contributed by atoms with Crippen LogP contribution in [-0.4, -0.2) is 29.9 Å². The molecule has 0 saturated heterocycles. The van der Waals surface area contributed by atoms with Crippen LogP contribution in [0.25, 0.3) is 22.2 Å². The quantitative estimate of drug-likeness (QED) is 0.370. The molecule has 2 heterocycles. The third-order valence-corrected chi connectivity index (χ3v) is 7.23. The number of carbonyl (C=O) groups excluding carboxylic acids is 1. The molecule has 0 aliphatic rings. The number of hydrogen-bond acceptors (Lipinski definition) is 4. The summed E-state index contributed by atoms with van der Waals surface area (Å²) in [7, 11) is -3.58. The van der Waals surface area contributed by atoms with Crippen LogP contribution in [0.3, 0.4) is 0 Å². The number of aromatic nitrogens is 2. The molecule has 0 saturated carbocycles. The van der Waals surface area contributed by atoms with Crippen molar-refractivity contribution < 1.29 is 22.0 Å². The number of nitrogens with zero attached hydrogens (tertiary/aromatic N) is 1. The minimum Gasteiger partial charge on any atom is -0.345 e. The molecule has 0 bridgehead atoms. The molecule has 0 radical (unpaired) electrons. The van der Waals surface area contributed by atoms with Gasteiger partial charge in [0.1, 0.15) is 17.3 Å². The summed E-state index contributed by atoms with van der Waals surface area (Å²) < 4.78 is 54.1. The number of ketones is 1. The van der Waals surface area contributed by atoms with E-state index in [2.05, 4.69) is 9.97 Å². The van der Waals surface area contributed by atoms with Gasteiger partial charge in [0.15, 0.2) is 9.84 Å². The number of aryl methyl sites for hydroxylation is 1. The van der Waals surface area contributed by atoms with E-state index >= 15 is 4.39 Å². The van der Waals surface area contributed by atoms with Crippen molar-refractivity contribution in [3.8, 4) is 11.1 Å². The highest BCUT2D eigenvalue weighted by Gasteiger charge is 2.26. The lowest BCUT2D eigenvalue weighted by atomic mass is 9.98. The van der Waals surface area contributed by atoms with Gasteiger partial charge in [-0.3, -0.25) is 4.79 Å². The molecule has 8 heteroatoms. The van der Waals surface area contributed by atoms with E-state index < -0.39 is 38.6 Å².